The molecule has 0 aliphatic rings. The van der Waals surface area contributed by atoms with E-state index in [0.717, 1.165) is 5.01 Å². The van der Waals surface area contributed by atoms with Gasteiger partial charge in [0.2, 0.25) is 0 Å². The van der Waals surface area contributed by atoms with E-state index in [9.17, 15) is 31.1 Å². The predicted molar refractivity (Wildman–Crippen MR) is 83.8 cm³/mol. The smallest absolute Gasteiger partial charge is 0.346 e. The minimum Gasteiger partial charge on any atom is -0.346 e. The molecule has 1 aromatic carbocycles. The van der Waals surface area contributed by atoms with Crippen LogP contribution in [0.3, 0.4) is 0 Å². The number of carbonyl (C=O) groups excluding carboxylic acids is 1. The summed E-state index contributed by atoms with van der Waals surface area (Å²) in [7, 11) is 0. The summed E-state index contributed by atoms with van der Waals surface area (Å²) in [6, 6.07) is 0.766. The first kappa shape index (κ1) is 20.2. The van der Waals surface area contributed by atoms with Crippen molar-refractivity contribution in [1.29, 1.82) is 0 Å². The number of nitrogens with zero attached hydrogens (tertiary/aromatic N) is 1. The van der Waals surface area contributed by atoms with Crippen LogP contribution in [0.5, 0.6) is 0 Å². The number of halogens is 6. The molecule has 3 nitrogen and oxygen atoms in total. The van der Waals surface area contributed by atoms with Crippen molar-refractivity contribution in [3.05, 3.63) is 51.0 Å². The lowest BCUT2D eigenvalue weighted by molar-refractivity contribution is -0.143. The third-order valence-electron chi connectivity index (χ3n) is 3.34. The van der Waals surface area contributed by atoms with Crippen LogP contribution in [0.1, 0.15) is 52.0 Å². The molecular weight excluding hydrogens is 382 g/mol. The zero-order valence-electron chi connectivity index (χ0n) is 13.6. The van der Waals surface area contributed by atoms with Crippen LogP contribution in [0.2, 0.25) is 0 Å². The number of amides is 1. The van der Waals surface area contributed by atoms with Gasteiger partial charge in [-0.1, -0.05) is 13.8 Å². The zero-order chi connectivity index (χ0) is 19.7. The fraction of sp³-hybridized carbons (Fsp3) is 0.375. The average Bonchev–Trinajstić information content (AvgIpc) is 2.99. The summed E-state index contributed by atoms with van der Waals surface area (Å²) >= 11 is 1.36. The van der Waals surface area contributed by atoms with Gasteiger partial charge in [0.05, 0.1) is 28.4 Å². The SMILES string of the molecule is CC(C)c1nc(CNC(=O)c2cc(C(F)(F)F)cc(C(F)(F)F)c2)cs1. The van der Waals surface area contributed by atoms with Gasteiger partial charge in [-0.3, -0.25) is 4.79 Å². The van der Waals surface area contributed by atoms with Gasteiger partial charge >= 0.3 is 12.4 Å². The highest BCUT2D eigenvalue weighted by Crippen LogP contribution is 2.36. The number of alkyl halides is 6. The highest BCUT2D eigenvalue weighted by molar-refractivity contribution is 7.09. The molecule has 1 aromatic heterocycles. The van der Waals surface area contributed by atoms with Crippen molar-refractivity contribution in [1.82, 2.24) is 10.3 Å². The van der Waals surface area contributed by atoms with Gasteiger partial charge in [-0.25, -0.2) is 4.98 Å². The standard InChI is InChI=1S/C16H14F6N2OS/c1-8(2)14-24-12(7-26-14)6-23-13(25)9-3-10(15(17,18)19)5-11(4-9)16(20,21)22/h3-5,7-8H,6H2,1-2H3,(H,23,25). The average molecular weight is 396 g/mol. The summed E-state index contributed by atoms with van der Waals surface area (Å²) in [5, 5.41) is 4.78. The molecule has 142 valence electrons. The van der Waals surface area contributed by atoms with E-state index in [-0.39, 0.29) is 18.5 Å². The molecule has 0 unspecified atom stereocenters. The number of benzene rings is 1. The van der Waals surface area contributed by atoms with E-state index in [1.54, 1.807) is 5.38 Å². The van der Waals surface area contributed by atoms with Crippen LogP contribution in [0.15, 0.2) is 23.6 Å². The van der Waals surface area contributed by atoms with Gasteiger partial charge in [-0.15, -0.1) is 11.3 Å². The molecule has 0 radical (unpaired) electrons. The van der Waals surface area contributed by atoms with Crippen LogP contribution >= 0.6 is 11.3 Å². The molecule has 10 heteroatoms. The van der Waals surface area contributed by atoms with Gasteiger partial charge < -0.3 is 5.32 Å². The number of aromatic nitrogens is 1. The maximum absolute atomic E-state index is 12.8. The molecule has 1 amide bonds. The molecule has 2 aromatic rings. The van der Waals surface area contributed by atoms with Gasteiger partial charge in [0.15, 0.2) is 0 Å². The lowest BCUT2D eigenvalue weighted by Gasteiger charge is -2.14. The molecule has 0 saturated carbocycles. The topological polar surface area (TPSA) is 42.0 Å². The third-order valence-corrected chi connectivity index (χ3v) is 4.54. The monoisotopic (exact) mass is 396 g/mol. The Bertz CT molecular complexity index is 763. The van der Waals surface area contributed by atoms with Crippen molar-refractivity contribution >= 4 is 17.2 Å². The Balaban J connectivity index is 2.24. The molecular formula is C16H14F6N2OS. The second-order valence-corrected chi connectivity index (χ2v) is 6.70. The van der Waals surface area contributed by atoms with Crippen LogP contribution in [0, 0.1) is 0 Å². The fourth-order valence-corrected chi connectivity index (χ4v) is 2.86. The van der Waals surface area contributed by atoms with E-state index in [0.29, 0.717) is 17.8 Å². The number of hydrogen-bond donors (Lipinski definition) is 1. The van der Waals surface area contributed by atoms with Crippen molar-refractivity contribution < 1.29 is 31.1 Å². The Kier molecular flexibility index (Phi) is 5.64. The summed E-state index contributed by atoms with van der Waals surface area (Å²) in [4.78, 5) is 16.3. The van der Waals surface area contributed by atoms with Gasteiger partial charge in [-0.05, 0) is 18.2 Å². The molecule has 0 spiro atoms. The minimum atomic E-state index is -5.00. The van der Waals surface area contributed by atoms with E-state index in [2.05, 4.69) is 10.3 Å². The van der Waals surface area contributed by atoms with Gasteiger partial charge in [0.1, 0.15) is 0 Å². The normalized spacial score (nSPS) is 12.5. The number of carbonyl (C=O) groups is 1. The fourth-order valence-electron chi connectivity index (χ4n) is 2.03. The molecule has 26 heavy (non-hydrogen) atoms. The molecule has 0 atom stereocenters. The van der Waals surface area contributed by atoms with E-state index in [1.165, 1.54) is 11.3 Å². The lowest BCUT2D eigenvalue weighted by atomic mass is 10.0. The lowest BCUT2D eigenvalue weighted by Crippen LogP contribution is -2.24. The predicted octanol–water partition coefficient (Wildman–Crippen LogP) is 5.23. The molecule has 0 saturated heterocycles. The van der Waals surface area contributed by atoms with E-state index < -0.39 is 35.0 Å². The second-order valence-electron chi connectivity index (χ2n) is 5.81. The third kappa shape index (κ3) is 4.96. The number of rotatable bonds is 4. The van der Waals surface area contributed by atoms with Crippen molar-refractivity contribution in [3.63, 3.8) is 0 Å². The molecule has 1 heterocycles. The van der Waals surface area contributed by atoms with E-state index in [1.807, 2.05) is 13.8 Å². The van der Waals surface area contributed by atoms with Crippen LogP contribution in [-0.4, -0.2) is 10.9 Å². The molecule has 0 aliphatic carbocycles. The summed E-state index contributed by atoms with van der Waals surface area (Å²) in [5.41, 5.74) is -3.30. The first-order valence-corrected chi connectivity index (χ1v) is 8.28. The maximum Gasteiger partial charge on any atom is 0.416 e. The second kappa shape index (κ2) is 7.26. The van der Waals surface area contributed by atoms with Crippen molar-refractivity contribution in [3.8, 4) is 0 Å². The molecule has 2 rings (SSSR count). The first-order chi connectivity index (χ1) is 11.9. The van der Waals surface area contributed by atoms with E-state index in [4.69, 9.17) is 0 Å². The number of thiazole rings is 1. The Morgan fingerprint density at radius 2 is 1.62 bits per heavy atom. The quantitative estimate of drug-likeness (QED) is 0.719. The molecule has 0 aliphatic heterocycles. The number of nitrogens with one attached hydrogen (secondary N) is 1. The van der Waals surface area contributed by atoms with Crippen molar-refractivity contribution in [2.45, 2.75) is 38.7 Å². The van der Waals surface area contributed by atoms with Crippen LogP contribution in [0.25, 0.3) is 0 Å². The summed E-state index contributed by atoms with van der Waals surface area (Å²) in [6.45, 7) is 3.74. The van der Waals surface area contributed by atoms with Gasteiger partial charge in [0, 0.05) is 16.9 Å². The van der Waals surface area contributed by atoms with Crippen LogP contribution < -0.4 is 5.32 Å². The highest BCUT2D eigenvalue weighted by Gasteiger charge is 2.37. The largest absolute Gasteiger partial charge is 0.416 e. The summed E-state index contributed by atoms with van der Waals surface area (Å²) in [6.07, 6.45) is -10.0. The molecule has 0 fully saturated rings. The van der Waals surface area contributed by atoms with Gasteiger partial charge in [0.25, 0.3) is 5.91 Å². The molecule has 1 N–H and O–H groups in total. The van der Waals surface area contributed by atoms with Crippen molar-refractivity contribution in [2.75, 3.05) is 0 Å². The van der Waals surface area contributed by atoms with Crippen molar-refractivity contribution in [2.24, 2.45) is 0 Å². The summed E-state index contributed by atoms with van der Waals surface area (Å²) < 4.78 is 76.9. The van der Waals surface area contributed by atoms with Gasteiger partial charge in [-0.2, -0.15) is 26.3 Å². The Labute approximate surface area is 149 Å². The van der Waals surface area contributed by atoms with Crippen LogP contribution in [-0.2, 0) is 18.9 Å². The first-order valence-electron chi connectivity index (χ1n) is 7.40. The Hall–Kier alpha value is -2.10. The zero-order valence-corrected chi connectivity index (χ0v) is 14.4. The number of hydrogen-bond acceptors (Lipinski definition) is 3. The highest BCUT2D eigenvalue weighted by atomic mass is 32.1. The molecule has 0 bridgehead atoms. The Morgan fingerprint density at radius 3 is 2.04 bits per heavy atom. The minimum absolute atomic E-state index is 0.0217. The van der Waals surface area contributed by atoms with Crippen LogP contribution in [0.4, 0.5) is 26.3 Å². The summed E-state index contributed by atoms with van der Waals surface area (Å²) in [5.74, 6) is -0.872. The Morgan fingerprint density at radius 1 is 1.08 bits per heavy atom. The maximum atomic E-state index is 12.8. The van der Waals surface area contributed by atoms with E-state index >= 15 is 0 Å².